The van der Waals surface area contributed by atoms with Crippen LogP contribution in [0.5, 0.6) is 11.5 Å². The van der Waals surface area contributed by atoms with Gasteiger partial charge in [0, 0.05) is 17.6 Å². The van der Waals surface area contributed by atoms with E-state index in [0.717, 1.165) is 49.7 Å². The van der Waals surface area contributed by atoms with Gasteiger partial charge in [0.15, 0.2) is 11.5 Å². The van der Waals surface area contributed by atoms with Crippen LogP contribution in [0.1, 0.15) is 89.4 Å². The van der Waals surface area contributed by atoms with Gasteiger partial charge in [-0.05, 0) is 61.6 Å². The number of carbonyl (C=O) groups excluding carboxylic acids is 2. The van der Waals surface area contributed by atoms with Gasteiger partial charge in [-0.25, -0.2) is 9.59 Å². The Morgan fingerprint density at radius 3 is 2.15 bits per heavy atom. The van der Waals surface area contributed by atoms with E-state index in [9.17, 15) is 14.7 Å². The van der Waals surface area contributed by atoms with Crippen LogP contribution in [0.25, 0.3) is 0 Å². The summed E-state index contributed by atoms with van der Waals surface area (Å²) in [5.74, 6) is -3.58. The molecule has 226 valence electrons. The fourth-order valence-electron chi connectivity index (χ4n) is 4.57. The van der Waals surface area contributed by atoms with Crippen molar-refractivity contribution in [2.75, 3.05) is 19.8 Å². The van der Waals surface area contributed by atoms with Crippen molar-refractivity contribution < 1.29 is 33.6 Å². The van der Waals surface area contributed by atoms with Crippen LogP contribution < -0.4 is 14.8 Å². The summed E-state index contributed by atoms with van der Waals surface area (Å²) in [4.78, 5) is 26.4. The number of esters is 2. The van der Waals surface area contributed by atoms with Crippen molar-refractivity contribution in [1.29, 1.82) is 0 Å². The van der Waals surface area contributed by atoms with Crippen LogP contribution in [0.3, 0.4) is 0 Å². The highest BCUT2D eigenvalue weighted by Gasteiger charge is 2.59. The first-order valence-electron chi connectivity index (χ1n) is 14.8. The number of fused-ring (bicyclic) bond motifs is 1. The van der Waals surface area contributed by atoms with Crippen molar-refractivity contribution in [3.63, 3.8) is 0 Å². The minimum absolute atomic E-state index is 0.00938. The summed E-state index contributed by atoms with van der Waals surface area (Å²) in [7, 11) is 0. The Morgan fingerprint density at radius 2 is 1.54 bits per heavy atom. The first kappa shape index (κ1) is 32.7. The van der Waals surface area contributed by atoms with Gasteiger partial charge in [0.05, 0.1) is 19.3 Å². The van der Waals surface area contributed by atoms with Crippen LogP contribution in [0.4, 0.5) is 0 Å². The summed E-state index contributed by atoms with van der Waals surface area (Å²) in [5.41, 5.74) is 1.65. The molecule has 0 bridgehead atoms. The molecule has 0 radical (unpaired) electrons. The van der Waals surface area contributed by atoms with Crippen LogP contribution in [0.15, 0.2) is 42.5 Å². The molecule has 0 unspecified atom stereocenters. The lowest BCUT2D eigenvalue weighted by molar-refractivity contribution is -0.202. The fraction of sp³-hybridized carbons (Fsp3) is 0.562. The monoisotopic (exact) mass is 589 g/mol. The predicted octanol–water partition coefficient (Wildman–Crippen LogP) is 6.31. The molecule has 1 heterocycles. The molecule has 0 saturated heterocycles. The van der Waals surface area contributed by atoms with Gasteiger partial charge in [0.2, 0.25) is 0 Å². The average molecular weight is 590 g/mol. The minimum Gasteiger partial charge on any atom is -0.459 e. The van der Waals surface area contributed by atoms with Crippen LogP contribution >= 0.6 is 11.6 Å². The Hall–Kier alpha value is -2.81. The SMILES string of the molecule is CCCCCCOC(=O)C1(C(=O)OCCCCCC)Oc2ccc(C[C@@H](C)NC[C@H](O)c3cccc(Cl)c3)cc2O1. The summed E-state index contributed by atoms with van der Waals surface area (Å²) in [5, 5.41) is 14.4. The van der Waals surface area contributed by atoms with Crippen molar-refractivity contribution >= 4 is 23.5 Å². The zero-order valence-electron chi connectivity index (χ0n) is 24.5. The molecule has 8 nitrogen and oxygen atoms in total. The molecule has 0 fully saturated rings. The Morgan fingerprint density at radius 1 is 0.902 bits per heavy atom. The van der Waals surface area contributed by atoms with Crippen LogP contribution in [0.2, 0.25) is 5.02 Å². The van der Waals surface area contributed by atoms with Crippen molar-refractivity contribution in [2.24, 2.45) is 0 Å². The quantitative estimate of drug-likeness (QED) is 0.118. The number of aliphatic hydroxyl groups is 1. The van der Waals surface area contributed by atoms with E-state index in [4.69, 9.17) is 30.5 Å². The summed E-state index contributed by atoms with van der Waals surface area (Å²) in [6.07, 6.45) is 7.33. The largest absolute Gasteiger partial charge is 0.459 e. The lowest BCUT2D eigenvalue weighted by Gasteiger charge is -2.23. The van der Waals surface area contributed by atoms with Crippen LogP contribution in [-0.4, -0.2) is 48.6 Å². The Balaban J connectivity index is 1.63. The normalized spacial score (nSPS) is 14.9. The Kier molecular flexibility index (Phi) is 13.2. The second kappa shape index (κ2) is 16.6. The third-order valence-corrected chi connectivity index (χ3v) is 7.19. The molecule has 2 aromatic carbocycles. The standard InChI is InChI=1S/C32H44ClNO7/c1-4-6-8-10-17-38-30(36)32(31(37)39-18-11-9-7-5-2)40-28-16-15-24(20-29(28)41-32)19-23(3)34-22-27(35)25-13-12-14-26(33)21-25/h12-16,20-21,23,27,34-35H,4-11,17-19,22H2,1-3H3/t23-,27+/m1/s1. The van der Waals surface area contributed by atoms with Gasteiger partial charge in [0.1, 0.15) is 0 Å². The van der Waals surface area contributed by atoms with E-state index in [0.29, 0.717) is 30.8 Å². The van der Waals surface area contributed by atoms with Gasteiger partial charge in [-0.1, -0.05) is 82.2 Å². The zero-order chi connectivity index (χ0) is 29.7. The number of ether oxygens (including phenoxy) is 4. The third kappa shape index (κ3) is 9.62. The van der Waals surface area contributed by atoms with Crippen molar-refractivity contribution in [1.82, 2.24) is 5.32 Å². The zero-order valence-corrected chi connectivity index (χ0v) is 25.2. The summed E-state index contributed by atoms with van der Waals surface area (Å²) >= 11 is 6.04. The smallest absolute Gasteiger partial charge is 0.453 e. The Bertz CT molecular complexity index is 1100. The number of benzene rings is 2. The fourth-order valence-corrected chi connectivity index (χ4v) is 4.77. The number of hydrogen-bond acceptors (Lipinski definition) is 8. The lowest BCUT2D eigenvalue weighted by Crippen LogP contribution is -2.56. The number of rotatable bonds is 18. The van der Waals surface area contributed by atoms with Gasteiger partial charge < -0.3 is 29.4 Å². The van der Waals surface area contributed by atoms with Crippen molar-refractivity contribution in [3.8, 4) is 11.5 Å². The van der Waals surface area contributed by atoms with E-state index in [1.807, 2.05) is 25.1 Å². The molecule has 0 spiro atoms. The van der Waals surface area contributed by atoms with E-state index >= 15 is 0 Å². The molecule has 1 aliphatic rings. The van der Waals surface area contributed by atoms with Crippen molar-refractivity contribution in [2.45, 2.75) is 96.5 Å². The van der Waals surface area contributed by atoms with E-state index in [2.05, 4.69) is 19.2 Å². The molecule has 0 aliphatic carbocycles. The van der Waals surface area contributed by atoms with Crippen LogP contribution in [-0.2, 0) is 25.5 Å². The highest BCUT2D eigenvalue weighted by molar-refractivity contribution is 6.30. The highest BCUT2D eigenvalue weighted by Crippen LogP contribution is 2.41. The molecule has 1 aliphatic heterocycles. The van der Waals surface area contributed by atoms with E-state index < -0.39 is 23.8 Å². The molecule has 0 amide bonds. The predicted molar refractivity (Wildman–Crippen MR) is 158 cm³/mol. The molecule has 41 heavy (non-hydrogen) atoms. The van der Waals surface area contributed by atoms with Crippen LogP contribution in [0, 0.1) is 0 Å². The number of carbonyl (C=O) groups is 2. The highest BCUT2D eigenvalue weighted by atomic mass is 35.5. The van der Waals surface area contributed by atoms with Gasteiger partial charge in [-0.3, -0.25) is 0 Å². The molecule has 2 N–H and O–H groups in total. The first-order valence-corrected chi connectivity index (χ1v) is 15.2. The Labute approximate surface area is 248 Å². The molecule has 9 heteroatoms. The minimum atomic E-state index is -2.32. The molecule has 2 atom stereocenters. The number of aliphatic hydroxyl groups excluding tert-OH is 1. The second-order valence-electron chi connectivity index (χ2n) is 10.6. The molecule has 0 aromatic heterocycles. The first-order chi connectivity index (χ1) is 19.8. The molecular formula is C32H44ClNO7. The molecule has 2 aromatic rings. The van der Waals surface area contributed by atoms with E-state index in [-0.39, 0.29) is 30.8 Å². The summed E-state index contributed by atoms with van der Waals surface area (Å²) < 4.78 is 22.6. The summed E-state index contributed by atoms with van der Waals surface area (Å²) in [6, 6.07) is 12.5. The maximum atomic E-state index is 13.2. The van der Waals surface area contributed by atoms with E-state index in [1.165, 1.54) is 0 Å². The van der Waals surface area contributed by atoms with E-state index in [1.54, 1.807) is 24.3 Å². The number of unbranched alkanes of at least 4 members (excludes halogenated alkanes) is 6. The summed E-state index contributed by atoms with van der Waals surface area (Å²) in [6.45, 7) is 6.90. The van der Waals surface area contributed by atoms with Gasteiger partial charge in [-0.2, -0.15) is 0 Å². The van der Waals surface area contributed by atoms with Gasteiger partial charge in [-0.15, -0.1) is 0 Å². The maximum absolute atomic E-state index is 13.2. The number of halogens is 1. The van der Waals surface area contributed by atoms with Crippen molar-refractivity contribution in [3.05, 3.63) is 58.6 Å². The maximum Gasteiger partial charge on any atom is 0.453 e. The lowest BCUT2D eigenvalue weighted by atomic mass is 10.1. The molecular weight excluding hydrogens is 546 g/mol. The third-order valence-electron chi connectivity index (χ3n) is 6.95. The number of nitrogens with one attached hydrogen (secondary N) is 1. The second-order valence-corrected chi connectivity index (χ2v) is 11.0. The topological polar surface area (TPSA) is 103 Å². The molecule has 3 rings (SSSR count). The molecule has 0 saturated carbocycles. The van der Waals surface area contributed by atoms with Gasteiger partial charge in [0.25, 0.3) is 0 Å². The average Bonchev–Trinajstić information content (AvgIpc) is 3.36. The number of hydrogen-bond donors (Lipinski definition) is 2. The van der Waals surface area contributed by atoms with Gasteiger partial charge >= 0.3 is 17.7 Å².